The molecule has 0 N–H and O–H groups in total. The molecule has 0 saturated carbocycles. The number of rotatable bonds is 6. The molecule has 0 unspecified atom stereocenters. The molecule has 0 bridgehead atoms. The van der Waals surface area contributed by atoms with E-state index in [4.69, 9.17) is 0 Å². The molecule has 6 nitrogen and oxygen atoms in total. The Bertz CT molecular complexity index is 2970. The molecule has 0 aliphatic heterocycles. The molecule has 7 aromatic carbocycles. The molecular formula is C50H44N2O4S2. The highest BCUT2D eigenvalue weighted by molar-refractivity contribution is 7.92. The van der Waals surface area contributed by atoms with E-state index in [1.807, 2.05) is 130 Å². The molecular weight excluding hydrogens is 757 g/mol. The van der Waals surface area contributed by atoms with Gasteiger partial charge in [0.1, 0.15) is 0 Å². The SMILES string of the molecule is CC(C)(C)c1ccc(S(=O)(=O)c2cc(-n3c4ccccc4c4ccccc43)c(S(=O)(=O)c3ccc(C(C)(C)C)cc3)cc2-n2c3ccccc3c3ccccc32)cc1. The first-order valence-corrected chi connectivity index (χ1v) is 22.4. The maximum atomic E-state index is 15.4. The van der Waals surface area contributed by atoms with Gasteiger partial charge in [0.2, 0.25) is 19.7 Å². The molecule has 2 aromatic heterocycles. The Balaban J connectivity index is 1.45. The van der Waals surface area contributed by atoms with Crippen LogP contribution in [0.1, 0.15) is 52.7 Å². The zero-order valence-corrected chi connectivity index (χ0v) is 35.0. The molecule has 290 valence electrons. The van der Waals surface area contributed by atoms with Crippen LogP contribution in [0, 0.1) is 0 Å². The van der Waals surface area contributed by atoms with Gasteiger partial charge in [0.15, 0.2) is 0 Å². The van der Waals surface area contributed by atoms with Gasteiger partial charge in [0, 0.05) is 21.5 Å². The largest absolute Gasteiger partial charge is 0.308 e. The average molecular weight is 801 g/mol. The molecule has 0 aliphatic rings. The van der Waals surface area contributed by atoms with Gasteiger partial charge < -0.3 is 9.13 Å². The lowest BCUT2D eigenvalue weighted by molar-refractivity contribution is 0.585. The van der Waals surface area contributed by atoms with Gasteiger partial charge in [-0.05, 0) is 82.6 Å². The average Bonchev–Trinajstić information content (AvgIpc) is 3.73. The standard InChI is InChI=1S/C50H44N2O4S2/c1-49(2,3)33-23-27-35(28-24-33)57(53,54)47-31-46(52-43-21-13-9-17-39(43)40-18-10-14-22-44(40)52)48(58(55,56)36-29-25-34(26-30-36)50(4,5)6)32-45(47)51-41-19-11-7-15-37(41)38-16-8-12-20-42(38)51/h7-32H,1-6H3. The Labute approximate surface area is 339 Å². The summed E-state index contributed by atoms with van der Waals surface area (Å²) in [5, 5.41) is 3.68. The first-order chi connectivity index (χ1) is 27.6. The van der Waals surface area contributed by atoms with Gasteiger partial charge in [-0.1, -0.05) is 139 Å². The Morgan fingerprint density at radius 2 is 0.621 bits per heavy atom. The molecule has 0 spiro atoms. The van der Waals surface area contributed by atoms with E-state index in [0.717, 1.165) is 54.7 Å². The molecule has 9 rings (SSSR count). The molecule has 0 aliphatic carbocycles. The Morgan fingerprint density at radius 3 is 0.879 bits per heavy atom. The van der Waals surface area contributed by atoms with Crippen molar-refractivity contribution in [3.8, 4) is 11.4 Å². The third kappa shape index (κ3) is 5.96. The van der Waals surface area contributed by atoms with Crippen LogP contribution in [0.25, 0.3) is 55.0 Å². The quantitative estimate of drug-likeness (QED) is 0.168. The number of benzene rings is 7. The number of hydrogen-bond acceptors (Lipinski definition) is 4. The summed E-state index contributed by atoms with van der Waals surface area (Å²) in [4.78, 5) is 0.205. The molecule has 0 atom stereocenters. The fourth-order valence-electron chi connectivity index (χ4n) is 8.20. The van der Waals surface area contributed by atoms with Crippen LogP contribution in [0.4, 0.5) is 0 Å². The van der Waals surface area contributed by atoms with Gasteiger partial charge in [0.05, 0.1) is 53.0 Å². The lowest BCUT2D eigenvalue weighted by Gasteiger charge is -2.22. The lowest BCUT2D eigenvalue weighted by Crippen LogP contribution is -2.15. The van der Waals surface area contributed by atoms with Crippen molar-refractivity contribution in [3.63, 3.8) is 0 Å². The second-order valence-corrected chi connectivity index (χ2v) is 20.9. The van der Waals surface area contributed by atoms with Crippen LogP contribution in [0.3, 0.4) is 0 Å². The summed E-state index contributed by atoms with van der Waals surface area (Å²) in [5.41, 5.74) is 5.12. The van der Waals surface area contributed by atoms with E-state index in [1.165, 1.54) is 0 Å². The predicted molar refractivity (Wildman–Crippen MR) is 236 cm³/mol. The molecule has 0 amide bonds. The number of para-hydroxylation sites is 4. The summed E-state index contributed by atoms with van der Waals surface area (Å²) in [6.45, 7) is 12.5. The van der Waals surface area contributed by atoms with E-state index in [0.29, 0.717) is 0 Å². The number of sulfone groups is 2. The van der Waals surface area contributed by atoms with Gasteiger partial charge >= 0.3 is 0 Å². The van der Waals surface area contributed by atoms with Crippen LogP contribution in [-0.4, -0.2) is 26.0 Å². The second kappa shape index (κ2) is 13.3. The number of hydrogen-bond donors (Lipinski definition) is 0. The first-order valence-electron chi connectivity index (χ1n) is 19.4. The maximum absolute atomic E-state index is 15.4. The summed E-state index contributed by atoms with van der Waals surface area (Å²) < 4.78 is 65.5. The molecule has 0 radical (unpaired) electrons. The first kappa shape index (κ1) is 37.6. The van der Waals surface area contributed by atoms with E-state index in [1.54, 1.807) is 36.4 Å². The fourth-order valence-corrected chi connectivity index (χ4v) is 11.1. The van der Waals surface area contributed by atoms with Crippen LogP contribution in [0.5, 0.6) is 0 Å². The summed E-state index contributed by atoms with van der Waals surface area (Å²) in [6.07, 6.45) is 0. The van der Waals surface area contributed by atoms with Gasteiger partial charge in [-0.25, -0.2) is 16.8 Å². The summed E-state index contributed by atoms with van der Waals surface area (Å²) >= 11 is 0. The number of aromatic nitrogens is 2. The van der Waals surface area contributed by atoms with Crippen molar-refractivity contribution in [1.82, 2.24) is 9.13 Å². The van der Waals surface area contributed by atoms with Crippen molar-refractivity contribution in [2.75, 3.05) is 0 Å². The summed E-state index contributed by atoms with van der Waals surface area (Å²) in [7, 11) is -8.59. The van der Waals surface area contributed by atoms with Gasteiger partial charge in [0.25, 0.3) is 0 Å². The number of nitrogens with zero attached hydrogens (tertiary/aromatic N) is 2. The Hall–Kier alpha value is -5.96. The van der Waals surface area contributed by atoms with Crippen LogP contribution < -0.4 is 0 Å². The van der Waals surface area contributed by atoms with E-state index < -0.39 is 19.7 Å². The third-order valence-electron chi connectivity index (χ3n) is 11.3. The van der Waals surface area contributed by atoms with Gasteiger partial charge in [-0.15, -0.1) is 0 Å². The van der Waals surface area contributed by atoms with Crippen LogP contribution >= 0.6 is 0 Å². The molecule has 2 heterocycles. The maximum Gasteiger partial charge on any atom is 0.208 e. The van der Waals surface area contributed by atoms with Crippen molar-refractivity contribution >= 4 is 63.3 Å². The summed E-state index contributed by atoms with van der Waals surface area (Å²) in [6, 6.07) is 48.6. The Kier molecular flexibility index (Phi) is 8.62. The fraction of sp³-hybridized carbons (Fsp3) is 0.160. The zero-order chi connectivity index (χ0) is 40.8. The topological polar surface area (TPSA) is 78.1 Å². The second-order valence-electron chi connectivity index (χ2n) is 17.1. The molecule has 58 heavy (non-hydrogen) atoms. The normalized spacial score (nSPS) is 12.9. The van der Waals surface area contributed by atoms with Gasteiger partial charge in [-0.3, -0.25) is 0 Å². The van der Waals surface area contributed by atoms with Crippen molar-refractivity contribution in [3.05, 3.63) is 169 Å². The van der Waals surface area contributed by atoms with Crippen LogP contribution in [-0.2, 0) is 30.5 Å². The zero-order valence-electron chi connectivity index (χ0n) is 33.4. The lowest BCUT2D eigenvalue weighted by atomic mass is 9.87. The van der Waals surface area contributed by atoms with E-state index in [9.17, 15) is 0 Å². The Morgan fingerprint density at radius 1 is 0.362 bits per heavy atom. The molecule has 0 fully saturated rings. The van der Waals surface area contributed by atoms with E-state index in [2.05, 4.69) is 41.5 Å². The van der Waals surface area contributed by atoms with Crippen molar-refractivity contribution in [2.24, 2.45) is 0 Å². The minimum Gasteiger partial charge on any atom is -0.308 e. The third-order valence-corrected chi connectivity index (χ3v) is 14.9. The minimum atomic E-state index is -4.29. The van der Waals surface area contributed by atoms with E-state index in [-0.39, 0.29) is 41.8 Å². The molecule has 9 aromatic rings. The van der Waals surface area contributed by atoms with Crippen molar-refractivity contribution in [2.45, 2.75) is 72.0 Å². The van der Waals surface area contributed by atoms with Crippen molar-refractivity contribution < 1.29 is 16.8 Å². The predicted octanol–water partition coefficient (Wildman–Crippen LogP) is 12.1. The number of fused-ring (bicyclic) bond motifs is 6. The monoisotopic (exact) mass is 800 g/mol. The smallest absolute Gasteiger partial charge is 0.208 e. The van der Waals surface area contributed by atoms with Crippen LogP contribution in [0.15, 0.2) is 177 Å². The molecule has 8 heteroatoms. The summed E-state index contributed by atoms with van der Waals surface area (Å²) in [5.74, 6) is 0. The van der Waals surface area contributed by atoms with Gasteiger partial charge in [-0.2, -0.15) is 0 Å². The highest BCUT2D eigenvalue weighted by atomic mass is 32.2. The molecule has 0 saturated heterocycles. The van der Waals surface area contributed by atoms with Crippen LogP contribution in [0.2, 0.25) is 0 Å². The minimum absolute atomic E-state index is 0.0126. The van der Waals surface area contributed by atoms with E-state index >= 15 is 16.8 Å². The van der Waals surface area contributed by atoms with Crippen molar-refractivity contribution in [1.29, 1.82) is 0 Å². The highest BCUT2D eigenvalue weighted by Crippen LogP contribution is 2.43. The highest BCUT2D eigenvalue weighted by Gasteiger charge is 2.33.